The Balaban J connectivity index is 2.07. The molecule has 0 saturated heterocycles. The molecule has 0 atom stereocenters. The molecule has 0 aliphatic carbocycles. The monoisotopic (exact) mass is 282 g/mol. The van der Waals surface area contributed by atoms with E-state index in [2.05, 4.69) is 24.0 Å². The van der Waals surface area contributed by atoms with E-state index in [1.165, 1.54) is 4.88 Å². The lowest BCUT2D eigenvalue weighted by Gasteiger charge is -1.90. The molecule has 0 aliphatic rings. The first-order valence-electron chi connectivity index (χ1n) is 5.80. The number of para-hydroxylation sites is 1. The largest absolute Gasteiger partial charge is 0.235 e. The van der Waals surface area contributed by atoms with Crippen molar-refractivity contribution >= 4 is 44.5 Å². The summed E-state index contributed by atoms with van der Waals surface area (Å²) in [5.74, 6) is 0. The second-order valence-electron chi connectivity index (χ2n) is 4.10. The molecular weight excluding hydrogens is 272 g/mol. The van der Waals surface area contributed by atoms with Gasteiger partial charge in [0.1, 0.15) is 11.1 Å². The van der Waals surface area contributed by atoms with Crippen molar-refractivity contribution in [1.82, 2.24) is 4.98 Å². The van der Waals surface area contributed by atoms with Crippen LogP contribution in [-0.2, 0) is 0 Å². The van der Waals surface area contributed by atoms with E-state index in [0.29, 0.717) is 5.57 Å². The van der Waals surface area contributed by atoms with Crippen LogP contribution in [0.1, 0.15) is 14.8 Å². The van der Waals surface area contributed by atoms with Crippen molar-refractivity contribution in [2.45, 2.75) is 6.92 Å². The highest BCUT2D eigenvalue weighted by molar-refractivity contribution is 7.19. The van der Waals surface area contributed by atoms with Gasteiger partial charge in [-0.05, 0) is 37.3 Å². The van der Waals surface area contributed by atoms with Crippen LogP contribution in [0.5, 0.6) is 0 Å². The van der Waals surface area contributed by atoms with Crippen LogP contribution in [0.2, 0.25) is 0 Å². The van der Waals surface area contributed by atoms with Crippen LogP contribution in [0.4, 0.5) is 0 Å². The Hall–Kier alpha value is -1.96. The quantitative estimate of drug-likeness (QED) is 0.637. The maximum Gasteiger partial charge on any atom is 0.135 e. The van der Waals surface area contributed by atoms with E-state index in [0.717, 1.165) is 20.1 Å². The van der Waals surface area contributed by atoms with Crippen LogP contribution in [-0.4, -0.2) is 4.98 Å². The van der Waals surface area contributed by atoms with Crippen LogP contribution < -0.4 is 0 Å². The summed E-state index contributed by atoms with van der Waals surface area (Å²) in [6.45, 7) is 2.06. The van der Waals surface area contributed by atoms with Gasteiger partial charge < -0.3 is 0 Å². The molecule has 2 heterocycles. The Bertz CT molecular complexity index is 770. The zero-order chi connectivity index (χ0) is 13.2. The first kappa shape index (κ1) is 12.1. The topological polar surface area (TPSA) is 36.7 Å². The minimum atomic E-state index is 0.628. The number of fused-ring (bicyclic) bond motifs is 1. The SMILES string of the molecule is Cc1ccc(C=C(C#N)c2nc3ccccc3s2)s1. The normalized spacial score (nSPS) is 11.7. The molecule has 3 rings (SSSR count). The van der Waals surface area contributed by atoms with Gasteiger partial charge in [-0.25, -0.2) is 4.98 Å². The highest BCUT2D eigenvalue weighted by Crippen LogP contribution is 2.29. The first-order chi connectivity index (χ1) is 9.26. The van der Waals surface area contributed by atoms with Gasteiger partial charge in [0.05, 0.1) is 15.8 Å². The van der Waals surface area contributed by atoms with E-state index in [-0.39, 0.29) is 0 Å². The number of aryl methyl sites for hydroxylation is 1. The number of thiophene rings is 1. The molecule has 0 saturated carbocycles. The Labute approximate surface area is 119 Å². The molecule has 0 unspecified atom stereocenters. The highest BCUT2D eigenvalue weighted by Gasteiger charge is 2.08. The van der Waals surface area contributed by atoms with Gasteiger partial charge >= 0.3 is 0 Å². The molecule has 0 N–H and O–H groups in total. The molecular formula is C15H10N2S2. The summed E-state index contributed by atoms with van der Waals surface area (Å²) in [6.07, 6.45) is 1.91. The van der Waals surface area contributed by atoms with E-state index in [1.807, 2.05) is 36.4 Å². The Morgan fingerprint density at radius 1 is 1.21 bits per heavy atom. The van der Waals surface area contributed by atoms with E-state index in [1.54, 1.807) is 22.7 Å². The Kier molecular flexibility index (Phi) is 3.16. The fourth-order valence-electron chi connectivity index (χ4n) is 1.80. The van der Waals surface area contributed by atoms with E-state index >= 15 is 0 Å². The number of thiazole rings is 1. The van der Waals surface area contributed by atoms with Gasteiger partial charge in [0.25, 0.3) is 0 Å². The van der Waals surface area contributed by atoms with Crippen molar-refractivity contribution in [3.05, 3.63) is 51.2 Å². The third-order valence-electron chi connectivity index (χ3n) is 2.69. The number of hydrogen-bond donors (Lipinski definition) is 0. The third kappa shape index (κ3) is 2.43. The van der Waals surface area contributed by atoms with Crippen molar-refractivity contribution in [2.24, 2.45) is 0 Å². The van der Waals surface area contributed by atoms with E-state index in [4.69, 9.17) is 0 Å². The van der Waals surface area contributed by atoms with Gasteiger partial charge in [-0.1, -0.05) is 12.1 Å². The molecule has 19 heavy (non-hydrogen) atoms. The van der Waals surface area contributed by atoms with Crippen molar-refractivity contribution in [3.63, 3.8) is 0 Å². The Morgan fingerprint density at radius 3 is 2.74 bits per heavy atom. The second-order valence-corrected chi connectivity index (χ2v) is 6.46. The molecule has 0 amide bonds. The number of aromatic nitrogens is 1. The van der Waals surface area contributed by atoms with Crippen LogP contribution in [0.3, 0.4) is 0 Å². The van der Waals surface area contributed by atoms with Crippen LogP contribution in [0, 0.1) is 18.3 Å². The molecule has 3 aromatic rings. The van der Waals surface area contributed by atoms with Gasteiger partial charge in [-0.15, -0.1) is 22.7 Å². The molecule has 92 valence electrons. The second kappa shape index (κ2) is 4.96. The van der Waals surface area contributed by atoms with Crippen molar-refractivity contribution in [3.8, 4) is 6.07 Å². The minimum Gasteiger partial charge on any atom is -0.235 e. The van der Waals surface area contributed by atoms with E-state index in [9.17, 15) is 5.26 Å². The number of nitriles is 1. The maximum atomic E-state index is 9.33. The fourth-order valence-corrected chi connectivity index (χ4v) is 3.55. The van der Waals surface area contributed by atoms with Crippen LogP contribution in [0.25, 0.3) is 21.9 Å². The molecule has 2 aromatic heterocycles. The van der Waals surface area contributed by atoms with Crippen molar-refractivity contribution in [1.29, 1.82) is 5.26 Å². The molecule has 2 nitrogen and oxygen atoms in total. The van der Waals surface area contributed by atoms with Crippen molar-refractivity contribution in [2.75, 3.05) is 0 Å². The summed E-state index contributed by atoms with van der Waals surface area (Å²) >= 11 is 3.24. The lowest BCUT2D eigenvalue weighted by atomic mass is 10.2. The summed E-state index contributed by atoms with van der Waals surface area (Å²) in [4.78, 5) is 6.85. The molecule has 0 fully saturated rings. The molecule has 0 aliphatic heterocycles. The number of rotatable bonds is 2. The van der Waals surface area contributed by atoms with Gasteiger partial charge in [-0.3, -0.25) is 0 Å². The van der Waals surface area contributed by atoms with Gasteiger partial charge in [0.15, 0.2) is 0 Å². The number of benzene rings is 1. The van der Waals surface area contributed by atoms with Gasteiger partial charge in [0, 0.05) is 9.75 Å². The maximum absolute atomic E-state index is 9.33. The Morgan fingerprint density at radius 2 is 2.05 bits per heavy atom. The predicted molar refractivity (Wildman–Crippen MR) is 82.2 cm³/mol. The number of hydrogen-bond acceptors (Lipinski definition) is 4. The standard InChI is InChI=1S/C15H10N2S2/c1-10-6-7-12(18-10)8-11(9-16)15-17-13-4-2-3-5-14(13)19-15/h2-8H,1H3. The summed E-state index contributed by atoms with van der Waals surface area (Å²) in [5.41, 5.74) is 1.58. The number of allylic oxidation sites excluding steroid dienone is 1. The highest BCUT2D eigenvalue weighted by atomic mass is 32.1. The summed E-state index contributed by atoms with van der Waals surface area (Å²) in [7, 11) is 0. The number of nitrogens with zero attached hydrogens (tertiary/aromatic N) is 2. The lowest BCUT2D eigenvalue weighted by Crippen LogP contribution is -1.78. The molecule has 0 bridgehead atoms. The molecule has 1 aromatic carbocycles. The zero-order valence-electron chi connectivity index (χ0n) is 10.3. The molecule has 4 heteroatoms. The van der Waals surface area contributed by atoms with Gasteiger partial charge in [-0.2, -0.15) is 5.26 Å². The van der Waals surface area contributed by atoms with E-state index < -0.39 is 0 Å². The average molecular weight is 282 g/mol. The third-order valence-corrected chi connectivity index (χ3v) is 4.71. The van der Waals surface area contributed by atoms with Crippen LogP contribution in [0.15, 0.2) is 36.4 Å². The minimum absolute atomic E-state index is 0.628. The summed E-state index contributed by atoms with van der Waals surface area (Å²) in [6, 6.07) is 14.3. The summed E-state index contributed by atoms with van der Waals surface area (Å²) in [5, 5.41) is 10.1. The van der Waals surface area contributed by atoms with Crippen molar-refractivity contribution < 1.29 is 0 Å². The van der Waals surface area contributed by atoms with Gasteiger partial charge in [0.2, 0.25) is 0 Å². The predicted octanol–water partition coefficient (Wildman–Crippen LogP) is 4.73. The molecule has 0 spiro atoms. The average Bonchev–Trinajstić information content (AvgIpc) is 3.01. The fraction of sp³-hybridized carbons (Fsp3) is 0.0667. The molecule has 0 radical (unpaired) electrons. The van der Waals surface area contributed by atoms with Crippen LogP contribution >= 0.6 is 22.7 Å². The lowest BCUT2D eigenvalue weighted by molar-refractivity contribution is 1.44. The first-order valence-corrected chi connectivity index (χ1v) is 7.44. The summed E-state index contributed by atoms with van der Waals surface area (Å²) < 4.78 is 1.11. The zero-order valence-corrected chi connectivity index (χ0v) is 11.9. The smallest absolute Gasteiger partial charge is 0.135 e.